The molecule has 0 amide bonds. The van der Waals surface area contributed by atoms with Crippen molar-refractivity contribution in [3.8, 4) is 0 Å². The van der Waals surface area contributed by atoms with E-state index in [9.17, 15) is 0 Å². The Morgan fingerprint density at radius 3 is 3.15 bits per heavy atom. The van der Waals surface area contributed by atoms with Gasteiger partial charge in [-0.2, -0.15) is 4.58 Å². The Bertz CT molecular complexity index is 308. The standard InChI is InChI=1S/C8H11N4O/c1-13-7-8(10-11-9)6-12-4-2-3-5-12/h2-4,8H,6-7H2,1H3/q+1/t8-/m0/s1. The van der Waals surface area contributed by atoms with E-state index in [1.807, 2.05) is 16.9 Å². The van der Waals surface area contributed by atoms with Gasteiger partial charge >= 0.3 is 0 Å². The molecule has 0 aromatic carbocycles. The molecule has 1 atom stereocenters. The Labute approximate surface area is 76.3 Å². The van der Waals surface area contributed by atoms with Crippen LogP contribution < -0.4 is 0 Å². The van der Waals surface area contributed by atoms with Gasteiger partial charge in [0.05, 0.1) is 12.7 Å². The molecule has 0 saturated heterocycles. The topological polar surface area (TPSA) is 61.0 Å². The first-order valence-electron chi connectivity index (χ1n) is 3.92. The van der Waals surface area contributed by atoms with Crippen LogP contribution in [0.25, 0.3) is 10.4 Å². The van der Waals surface area contributed by atoms with Gasteiger partial charge in [-0.15, -0.1) is 0 Å². The zero-order chi connectivity index (χ0) is 9.52. The molecule has 0 radical (unpaired) electrons. The Balaban J connectivity index is 2.51. The molecule has 0 aromatic rings. The van der Waals surface area contributed by atoms with E-state index in [1.54, 1.807) is 13.2 Å². The quantitative estimate of drug-likeness (QED) is 0.269. The number of rotatable bonds is 5. The van der Waals surface area contributed by atoms with Crippen LogP contribution in [-0.2, 0) is 4.74 Å². The van der Waals surface area contributed by atoms with Gasteiger partial charge in [0.15, 0.2) is 18.6 Å². The van der Waals surface area contributed by atoms with E-state index < -0.39 is 0 Å². The molecule has 0 unspecified atom stereocenters. The molecule has 0 aromatic heterocycles. The molecule has 0 N–H and O–H groups in total. The van der Waals surface area contributed by atoms with Crippen molar-refractivity contribution < 1.29 is 9.31 Å². The minimum atomic E-state index is -0.168. The van der Waals surface area contributed by atoms with E-state index in [0.29, 0.717) is 13.2 Å². The second-order valence-corrected chi connectivity index (χ2v) is 2.60. The highest BCUT2D eigenvalue weighted by molar-refractivity contribution is 5.51. The normalized spacial score (nSPS) is 15.3. The fraction of sp³-hybridized carbons (Fsp3) is 0.500. The molecular weight excluding hydrogens is 168 g/mol. The first kappa shape index (κ1) is 9.55. The van der Waals surface area contributed by atoms with E-state index in [0.717, 1.165) is 0 Å². The third-order valence-corrected chi connectivity index (χ3v) is 1.58. The minimum Gasteiger partial charge on any atom is -0.384 e. The van der Waals surface area contributed by atoms with Crippen molar-refractivity contribution in [1.82, 2.24) is 0 Å². The van der Waals surface area contributed by atoms with Crippen molar-refractivity contribution in [1.29, 1.82) is 0 Å². The minimum absolute atomic E-state index is 0.168. The Hall–Kier alpha value is -1.54. The molecule has 68 valence electrons. The van der Waals surface area contributed by atoms with Gasteiger partial charge in [-0.25, -0.2) is 0 Å². The monoisotopic (exact) mass is 179 g/mol. The molecule has 1 heterocycles. The number of methoxy groups -OCH3 is 1. The lowest BCUT2D eigenvalue weighted by Crippen LogP contribution is -2.22. The fourth-order valence-electron chi connectivity index (χ4n) is 1.06. The number of nitrogens with zero attached hydrogens (tertiary/aromatic N) is 4. The largest absolute Gasteiger partial charge is 0.384 e. The zero-order valence-corrected chi connectivity index (χ0v) is 7.42. The number of allylic oxidation sites excluding steroid dienone is 2. The lowest BCUT2D eigenvalue weighted by Gasteiger charge is -2.03. The summed E-state index contributed by atoms with van der Waals surface area (Å²) < 4.78 is 6.74. The fourth-order valence-corrected chi connectivity index (χ4v) is 1.06. The maximum absolute atomic E-state index is 8.28. The molecule has 0 spiro atoms. The van der Waals surface area contributed by atoms with Crippen LogP contribution >= 0.6 is 0 Å². The van der Waals surface area contributed by atoms with Crippen molar-refractivity contribution in [3.05, 3.63) is 28.8 Å². The Morgan fingerprint density at radius 1 is 1.77 bits per heavy atom. The van der Waals surface area contributed by atoms with Crippen molar-refractivity contribution in [2.24, 2.45) is 5.11 Å². The highest BCUT2D eigenvalue weighted by Gasteiger charge is 2.13. The van der Waals surface area contributed by atoms with Crippen LogP contribution in [0.15, 0.2) is 23.5 Å². The van der Waals surface area contributed by atoms with Crippen LogP contribution in [0, 0.1) is 0 Å². The molecule has 0 fully saturated rings. The first-order valence-corrected chi connectivity index (χ1v) is 3.92. The lowest BCUT2D eigenvalue weighted by molar-refractivity contribution is -0.451. The predicted octanol–water partition coefficient (Wildman–Crippen LogP) is 1.08. The van der Waals surface area contributed by atoms with Crippen LogP contribution in [0.5, 0.6) is 0 Å². The van der Waals surface area contributed by atoms with Crippen LogP contribution in [0.2, 0.25) is 0 Å². The van der Waals surface area contributed by atoms with Crippen LogP contribution in [0.4, 0.5) is 0 Å². The lowest BCUT2D eigenvalue weighted by atomic mass is 10.3. The van der Waals surface area contributed by atoms with E-state index in [1.165, 1.54) is 0 Å². The van der Waals surface area contributed by atoms with E-state index in [4.69, 9.17) is 10.3 Å². The SMILES string of the molecule is COC[C@H](C[N+]1=C=CC=C1)N=[N+]=[N-]. The van der Waals surface area contributed by atoms with Crippen molar-refractivity contribution in [2.75, 3.05) is 20.3 Å². The first-order chi connectivity index (χ1) is 6.36. The Morgan fingerprint density at radius 2 is 2.62 bits per heavy atom. The summed E-state index contributed by atoms with van der Waals surface area (Å²) in [4.78, 5) is 2.75. The number of hydrogen-bond donors (Lipinski definition) is 0. The third-order valence-electron chi connectivity index (χ3n) is 1.58. The van der Waals surface area contributed by atoms with Crippen LogP contribution in [0.1, 0.15) is 0 Å². The molecule has 13 heavy (non-hydrogen) atoms. The highest BCUT2D eigenvalue weighted by Crippen LogP contribution is 1.96. The number of azide groups is 1. The maximum Gasteiger partial charge on any atom is 0.179 e. The van der Waals surface area contributed by atoms with Gasteiger partial charge in [-0.1, -0.05) is 5.11 Å². The molecule has 5 nitrogen and oxygen atoms in total. The van der Waals surface area contributed by atoms with Gasteiger partial charge < -0.3 is 4.74 Å². The van der Waals surface area contributed by atoms with Gasteiger partial charge in [0.1, 0.15) is 6.04 Å². The van der Waals surface area contributed by atoms with Crippen molar-refractivity contribution >= 4 is 5.87 Å². The van der Waals surface area contributed by atoms with E-state index in [-0.39, 0.29) is 6.04 Å². The molecule has 0 aliphatic carbocycles. The third kappa shape index (κ3) is 3.13. The summed E-state index contributed by atoms with van der Waals surface area (Å²) in [6, 6.07) is -0.168. The van der Waals surface area contributed by atoms with Crippen LogP contribution in [-0.4, -0.2) is 36.7 Å². The molecule has 5 heteroatoms. The average molecular weight is 179 g/mol. The summed E-state index contributed by atoms with van der Waals surface area (Å²) in [5.41, 5.74) is 8.28. The summed E-state index contributed by atoms with van der Waals surface area (Å²) in [7, 11) is 1.58. The average Bonchev–Trinajstić information content (AvgIpc) is 2.58. The van der Waals surface area contributed by atoms with Crippen molar-refractivity contribution in [3.63, 3.8) is 0 Å². The summed E-state index contributed by atoms with van der Waals surface area (Å²) in [5.74, 6) is 2.96. The van der Waals surface area contributed by atoms with Gasteiger partial charge in [-0.3, -0.25) is 0 Å². The molecule has 1 aliphatic rings. The van der Waals surface area contributed by atoms with Crippen molar-refractivity contribution in [2.45, 2.75) is 6.04 Å². The second-order valence-electron chi connectivity index (χ2n) is 2.60. The Kier molecular flexibility index (Phi) is 3.79. The highest BCUT2D eigenvalue weighted by atomic mass is 16.5. The molecule has 0 saturated carbocycles. The number of ether oxygens (including phenoxy) is 1. The van der Waals surface area contributed by atoms with Gasteiger partial charge in [0, 0.05) is 18.1 Å². The van der Waals surface area contributed by atoms with Gasteiger partial charge in [-0.05, 0) is 5.53 Å². The smallest absolute Gasteiger partial charge is 0.179 e. The molecule has 1 aliphatic heterocycles. The van der Waals surface area contributed by atoms with E-state index >= 15 is 0 Å². The van der Waals surface area contributed by atoms with Gasteiger partial charge in [0.2, 0.25) is 0 Å². The summed E-state index contributed by atoms with van der Waals surface area (Å²) in [6.45, 7) is 1.03. The summed E-state index contributed by atoms with van der Waals surface area (Å²) in [6.07, 6.45) is 5.55. The molecule has 0 bridgehead atoms. The molecule has 1 rings (SSSR count). The second kappa shape index (κ2) is 5.17. The molecular formula is C8H11N4O+. The zero-order valence-electron chi connectivity index (χ0n) is 7.42. The summed E-state index contributed by atoms with van der Waals surface area (Å²) in [5, 5.41) is 3.60. The van der Waals surface area contributed by atoms with E-state index in [2.05, 4.69) is 15.9 Å². The maximum atomic E-state index is 8.28. The van der Waals surface area contributed by atoms with Crippen LogP contribution in [0.3, 0.4) is 0 Å². The number of hydrogen-bond acceptors (Lipinski definition) is 2. The summed E-state index contributed by atoms with van der Waals surface area (Å²) >= 11 is 0. The van der Waals surface area contributed by atoms with Gasteiger partial charge in [0.25, 0.3) is 0 Å². The predicted molar refractivity (Wildman–Crippen MR) is 48.7 cm³/mol.